The molecule has 5 atom stereocenters. The SMILES string of the molecule is CO[C@H]1/C=C/C[C@H](C)C/[SH](=O)=N\C(=O)c2ccc3c(c2)N(Cc2ccc(Cl)cc2CCCCO3)C[C@@H]2CC[C@H]21. The minimum atomic E-state index is -1.99. The van der Waals surface area contributed by atoms with Crippen molar-refractivity contribution < 1.29 is 18.5 Å². The summed E-state index contributed by atoms with van der Waals surface area (Å²) in [4.78, 5) is 15.5. The monoisotopic (exact) mass is 570 g/mol. The highest BCUT2D eigenvalue weighted by atomic mass is 35.5. The number of amides is 1. The van der Waals surface area contributed by atoms with E-state index >= 15 is 0 Å². The van der Waals surface area contributed by atoms with Gasteiger partial charge < -0.3 is 14.4 Å². The fourth-order valence-corrected chi connectivity index (χ4v) is 7.25. The number of carbonyl (C=O) groups is 1. The Balaban J connectivity index is 1.60. The van der Waals surface area contributed by atoms with Gasteiger partial charge >= 0.3 is 0 Å². The lowest BCUT2D eigenvalue weighted by molar-refractivity contribution is 0.0133. The molecule has 0 aromatic heterocycles. The predicted octanol–water partition coefficient (Wildman–Crippen LogP) is 6.50. The summed E-state index contributed by atoms with van der Waals surface area (Å²) < 4.78 is 29.1. The van der Waals surface area contributed by atoms with Crippen LogP contribution in [0.3, 0.4) is 0 Å². The van der Waals surface area contributed by atoms with Gasteiger partial charge in [0.2, 0.25) is 0 Å². The van der Waals surface area contributed by atoms with Crippen molar-refractivity contribution in [2.24, 2.45) is 22.1 Å². The molecule has 2 heterocycles. The topological polar surface area (TPSA) is 68.2 Å². The van der Waals surface area contributed by atoms with Crippen LogP contribution in [0, 0.1) is 17.8 Å². The summed E-state index contributed by atoms with van der Waals surface area (Å²) in [5, 5.41) is 0.750. The second kappa shape index (κ2) is 12.9. The minimum Gasteiger partial charge on any atom is -0.491 e. The average molecular weight is 571 g/mol. The zero-order chi connectivity index (χ0) is 27.4. The molecule has 1 amide bonds. The third kappa shape index (κ3) is 6.87. The van der Waals surface area contributed by atoms with Gasteiger partial charge in [0.25, 0.3) is 5.91 Å². The van der Waals surface area contributed by atoms with E-state index in [-0.39, 0.29) is 12.0 Å². The van der Waals surface area contributed by atoms with Crippen LogP contribution in [0.1, 0.15) is 60.5 Å². The maximum Gasteiger partial charge on any atom is 0.284 e. The van der Waals surface area contributed by atoms with Crippen LogP contribution < -0.4 is 9.64 Å². The maximum absolute atomic E-state index is 13.1. The number of hydrogen-bond acceptors (Lipinski definition) is 5. The molecule has 1 saturated carbocycles. The molecule has 0 radical (unpaired) electrons. The number of fused-ring (bicyclic) bond motifs is 3. The Morgan fingerprint density at radius 2 is 2.00 bits per heavy atom. The number of anilines is 1. The molecule has 1 fully saturated rings. The first-order chi connectivity index (χ1) is 18.9. The lowest BCUT2D eigenvalue weighted by Gasteiger charge is -2.43. The molecule has 5 rings (SSSR count). The van der Waals surface area contributed by atoms with Gasteiger partial charge in [-0.3, -0.25) is 9.00 Å². The van der Waals surface area contributed by atoms with E-state index in [1.54, 1.807) is 13.2 Å². The molecule has 8 heteroatoms. The zero-order valence-corrected chi connectivity index (χ0v) is 24.5. The number of hydrogen-bond donors (Lipinski definition) is 1. The molecule has 210 valence electrons. The summed E-state index contributed by atoms with van der Waals surface area (Å²) in [6, 6.07) is 11.7. The molecular weight excluding hydrogens is 532 g/mol. The zero-order valence-electron chi connectivity index (χ0n) is 22.9. The molecule has 2 aromatic rings. The molecule has 0 N–H and O–H groups in total. The van der Waals surface area contributed by atoms with Crippen molar-refractivity contribution in [1.29, 1.82) is 0 Å². The molecule has 0 saturated heterocycles. The predicted molar refractivity (Wildman–Crippen MR) is 158 cm³/mol. The van der Waals surface area contributed by atoms with Crippen LogP contribution in [0.4, 0.5) is 5.69 Å². The number of carbonyl (C=O) groups excluding carboxylic acids is 1. The van der Waals surface area contributed by atoms with E-state index in [0.717, 1.165) is 61.5 Å². The average Bonchev–Trinajstić information content (AvgIpc) is 2.92. The van der Waals surface area contributed by atoms with Gasteiger partial charge in [-0.2, -0.15) is 4.36 Å². The number of ether oxygens (including phenoxy) is 2. The van der Waals surface area contributed by atoms with E-state index in [0.29, 0.717) is 36.3 Å². The highest BCUT2D eigenvalue weighted by Crippen LogP contribution is 2.42. The van der Waals surface area contributed by atoms with Gasteiger partial charge in [0.05, 0.1) is 18.4 Å². The molecule has 6 nitrogen and oxygen atoms in total. The number of benzene rings is 2. The van der Waals surface area contributed by atoms with E-state index < -0.39 is 16.5 Å². The van der Waals surface area contributed by atoms with Crippen molar-refractivity contribution in [2.45, 2.75) is 58.1 Å². The van der Waals surface area contributed by atoms with Crippen molar-refractivity contribution in [2.75, 3.05) is 30.9 Å². The Kier molecular flexibility index (Phi) is 9.31. The Hall–Kier alpha value is -2.35. The van der Waals surface area contributed by atoms with E-state index in [2.05, 4.69) is 33.5 Å². The highest BCUT2D eigenvalue weighted by molar-refractivity contribution is 7.75. The fourth-order valence-electron chi connectivity index (χ4n) is 5.97. The standard InChI is InChI=1S/C31H39ClN2O4S/c1-21-6-5-8-29(37-2)27-13-10-25(27)19-34-18-24-9-12-26(32)16-22(24)7-3-4-15-38-30-14-11-23(17-28(30)34)31(35)33-39(36)20-21/h5,8-9,11-12,14,16-17,21,25,27,29,39H,3-4,6-7,10,13,15,18-20H2,1-2H3/b8-5+/t21-,25-,27+,29-/m0/s1. The maximum atomic E-state index is 13.1. The highest BCUT2D eigenvalue weighted by Gasteiger charge is 2.38. The fraction of sp³-hybridized carbons (Fsp3) is 0.516. The van der Waals surface area contributed by atoms with Gasteiger partial charge in [-0.25, -0.2) is 0 Å². The van der Waals surface area contributed by atoms with Crippen LogP contribution in [0.2, 0.25) is 5.02 Å². The normalized spacial score (nSPS) is 29.4. The first-order valence-electron chi connectivity index (χ1n) is 14.1. The molecule has 1 unspecified atom stereocenters. The lowest BCUT2D eigenvalue weighted by atomic mass is 9.70. The largest absolute Gasteiger partial charge is 0.491 e. The van der Waals surface area contributed by atoms with Crippen LogP contribution >= 0.6 is 11.6 Å². The van der Waals surface area contributed by atoms with Crippen LogP contribution in [0.15, 0.2) is 52.9 Å². The molecule has 2 aliphatic heterocycles. The molecule has 39 heavy (non-hydrogen) atoms. The quantitative estimate of drug-likeness (QED) is 0.313. The smallest absolute Gasteiger partial charge is 0.284 e. The van der Waals surface area contributed by atoms with Crippen molar-refractivity contribution in [3.05, 3.63) is 70.3 Å². The van der Waals surface area contributed by atoms with Crippen LogP contribution in [-0.4, -0.2) is 42.2 Å². The van der Waals surface area contributed by atoms with Gasteiger partial charge in [-0.05, 0) is 97.7 Å². The van der Waals surface area contributed by atoms with Crippen LogP contribution in [0.5, 0.6) is 5.75 Å². The number of rotatable bonds is 1. The molecule has 0 spiro atoms. The third-order valence-electron chi connectivity index (χ3n) is 8.33. The minimum absolute atomic E-state index is 0.0426. The van der Waals surface area contributed by atoms with Crippen LogP contribution in [-0.2, 0) is 28.3 Å². The molecular formula is C31H39ClN2O4S. The van der Waals surface area contributed by atoms with Gasteiger partial charge in [0, 0.05) is 47.1 Å². The van der Waals surface area contributed by atoms with E-state index in [1.807, 2.05) is 25.1 Å². The van der Waals surface area contributed by atoms with Gasteiger partial charge in [0.15, 0.2) is 0 Å². The summed E-state index contributed by atoms with van der Waals surface area (Å²) in [6.07, 6.45) is 10.3. The Morgan fingerprint density at radius 1 is 1.13 bits per heavy atom. The van der Waals surface area contributed by atoms with E-state index in [4.69, 9.17) is 21.1 Å². The third-order valence-corrected chi connectivity index (χ3v) is 9.91. The summed E-state index contributed by atoms with van der Waals surface area (Å²) in [6.45, 7) is 4.14. The Morgan fingerprint density at radius 3 is 2.79 bits per heavy atom. The molecule has 3 aliphatic rings. The van der Waals surface area contributed by atoms with Crippen molar-refractivity contribution >= 4 is 33.8 Å². The number of methoxy groups -OCH3 is 1. The number of halogens is 1. The first-order valence-corrected chi connectivity index (χ1v) is 15.9. The molecule has 1 aliphatic carbocycles. The second-order valence-corrected chi connectivity index (χ2v) is 12.9. The Labute approximate surface area is 238 Å². The first kappa shape index (κ1) is 28.2. The summed E-state index contributed by atoms with van der Waals surface area (Å²) >= 11 is 6.40. The second-order valence-electron chi connectivity index (χ2n) is 11.2. The lowest BCUT2D eigenvalue weighted by Crippen LogP contribution is -2.43. The summed E-state index contributed by atoms with van der Waals surface area (Å²) in [5.41, 5.74) is 3.81. The van der Waals surface area contributed by atoms with Gasteiger partial charge in [-0.15, -0.1) is 0 Å². The van der Waals surface area contributed by atoms with E-state index in [9.17, 15) is 9.00 Å². The number of nitrogens with zero attached hydrogens (tertiary/aromatic N) is 2. The van der Waals surface area contributed by atoms with E-state index in [1.165, 1.54) is 11.1 Å². The van der Waals surface area contributed by atoms with Gasteiger partial charge in [0.1, 0.15) is 5.75 Å². The number of thiol groups is 1. The number of allylic oxidation sites excluding steroid dienone is 1. The number of aryl methyl sites for hydroxylation is 1. The Bertz CT molecular complexity index is 1310. The summed E-state index contributed by atoms with van der Waals surface area (Å²) in [5.74, 6) is 1.73. The van der Waals surface area contributed by atoms with Crippen LogP contribution in [0.25, 0.3) is 0 Å². The van der Waals surface area contributed by atoms with Crippen molar-refractivity contribution in [3.63, 3.8) is 0 Å². The molecule has 2 bridgehead atoms. The van der Waals surface area contributed by atoms with Crippen molar-refractivity contribution in [1.82, 2.24) is 0 Å². The van der Waals surface area contributed by atoms with Gasteiger partial charge in [-0.1, -0.05) is 36.7 Å². The molecule has 2 aromatic carbocycles. The van der Waals surface area contributed by atoms with Crippen molar-refractivity contribution in [3.8, 4) is 5.75 Å². The summed E-state index contributed by atoms with van der Waals surface area (Å²) in [7, 11) is -0.203.